The van der Waals surface area contributed by atoms with Crippen molar-refractivity contribution in [3.8, 4) is 0 Å². The van der Waals surface area contributed by atoms with Gasteiger partial charge in [0.05, 0.1) is 17.4 Å². The van der Waals surface area contributed by atoms with Crippen LogP contribution in [0.5, 0.6) is 0 Å². The van der Waals surface area contributed by atoms with Crippen LogP contribution in [0.1, 0.15) is 71.6 Å². The summed E-state index contributed by atoms with van der Waals surface area (Å²) < 4.78 is 6.87. The highest BCUT2D eigenvalue weighted by Gasteiger charge is 2.62. The number of aliphatic hydroxyl groups excluding tert-OH is 1. The van der Waals surface area contributed by atoms with E-state index >= 15 is 0 Å². The van der Waals surface area contributed by atoms with E-state index in [9.17, 15) is 5.11 Å². The Labute approximate surface area is 170 Å². The van der Waals surface area contributed by atoms with E-state index in [1.54, 1.807) is 0 Å². The summed E-state index contributed by atoms with van der Waals surface area (Å²) in [7, 11) is 0. The molecule has 1 unspecified atom stereocenters. The summed E-state index contributed by atoms with van der Waals surface area (Å²) in [4.78, 5) is 0. The molecule has 0 aromatic heterocycles. The van der Waals surface area contributed by atoms with Crippen LogP contribution in [0, 0.1) is 17.8 Å². The summed E-state index contributed by atoms with van der Waals surface area (Å²) in [5.41, 5.74) is 13.6. The fourth-order valence-electron chi connectivity index (χ4n) is 7.02. The lowest BCUT2D eigenvalue weighted by molar-refractivity contribution is -0.287. The molecule has 5 rings (SSSR count). The summed E-state index contributed by atoms with van der Waals surface area (Å²) in [5.74, 6) is 1.59. The van der Waals surface area contributed by atoms with Gasteiger partial charge < -0.3 is 26.6 Å². The van der Waals surface area contributed by atoms with Gasteiger partial charge in [-0.15, -0.1) is 0 Å². The van der Waals surface area contributed by atoms with Gasteiger partial charge in [0, 0.05) is 24.3 Å². The van der Waals surface area contributed by atoms with E-state index in [1.807, 2.05) is 6.08 Å². The quantitative estimate of drug-likeness (QED) is 0.580. The minimum absolute atomic E-state index is 0.0565. The molecule has 158 valence electrons. The first-order valence-electron chi connectivity index (χ1n) is 11.3. The van der Waals surface area contributed by atoms with Gasteiger partial charge in [-0.2, -0.15) is 0 Å². The van der Waals surface area contributed by atoms with Crippen LogP contribution >= 0.6 is 0 Å². The Morgan fingerprint density at radius 3 is 2.79 bits per heavy atom. The SMILES string of the molecule is CC1(C)O[C@@]2([C@H]3CCC[C@@H](CC4=CNC(N)C=C4)C3)CC[C@@H]1[C@](N)(CCO)C2. The average Bonchev–Trinajstić information content (AvgIpc) is 2.63. The summed E-state index contributed by atoms with van der Waals surface area (Å²) in [6.45, 7) is 4.61. The molecule has 28 heavy (non-hydrogen) atoms. The standard InChI is InChI=1S/C23H39N3O2/c1-21(2)19-8-9-23(28-21,15-22(19,25)10-11-27)18-5-3-4-16(13-18)12-17-6-7-20(24)26-14-17/h6-7,14,16,18-20,26-27H,3-5,8-13,15,24-25H2,1-2H3/t16-,18-,19-,20?,22-,23-/m0/s1. The normalized spacial score (nSPS) is 44.8. The van der Waals surface area contributed by atoms with E-state index in [-0.39, 0.29) is 29.5 Å². The Hall–Kier alpha value is -0.880. The first-order valence-corrected chi connectivity index (χ1v) is 11.3. The van der Waals surface area contributed by atoms with Gasteiger partial charge in [-0.05, 0) is 82.3 Å². The monoisotopic (exact) mass is 389 g/mol. The van der Waals surface area contributed by atoms with Gasteiger partial charge in [0.25, 0.3) is 0 Å². The van der Waals surface area contributed by atoms with Crippen molar-refractivity contribution in [3.63, 3.8) is 0 Å². The van der Waals surface area contributed by atoms with E-state index in [0.717, 1.165) is 25.7 Å². The maximum absolute atomic E-state index is 9.67. The molecule has 6 atom stereocenters. The third kappa shape index (κ3) is 3.67. The largest absolute Gasteiger partial charge is 0.396 e. The van der Waals surface area contributed by atoms with Crippen LogP contribution < -0.4 is 16.8 Å². The lowest BCUT2D eigenvalue weighted by Gasteiger charge is -2.65. The molecule has 5 aliphatic rings. The highest BCUT2D eigenvalue weighted by atomic mass is 16.5. The van der Waals surface area contributed by atoms with Crippen LogP contribution in [0.3, 0.4) is 0 Å². The molecule has 2 aliphatic carbocycles. The molecule has 3 aliphatic heterocycles. The summed E-state index contributed by atoms with van der Waals surface area (Å²) in [6.07, 6.45) is 16.2. The summed E-state index contributed by atoms with van der Waals surface area (Å²) >= 11 is 0. The molecule has 3 heterocycles. The number of dihydropyridines is 1. The summed E-state index contributed by atoms with van der Waals surface area (Å²) in [5, 5.41) is 12.9. The molecule has 0 amide bonds. The van der Waals surface area contributed by atoms with Crippen LogP contribution in [0.15, 0.2) is 23.9 Å². The Bertz CT molecular complexity index is 646. The number of aliphatic hydroxyl groups is 1. The van der Waals surface area contributed by atoms with Crippen LogP contribution in [0.4, 0.5) is 0 Å². The van der Waals surface area contributed by atoms with Crippen LogP contribution in [0.25, 0.3) is 0 Å². The van der Waals surface area contributed by atoms with Crippen LogP contribution in [-0.4, -0.2) is 34.6 Å². The Morgan fingerprint density at radius 2 is 2.11 bits per heavy atom. The van der Waals surface area contributed by atoms with E-state index in [2.05, 4.69) is 31.4 Å². The molecule has 0 radical (unpaired) electrons. The van der Waals surface area contributed by atoms with E-state index < -0.39 is 0 Å². The van der Waals surface area contributed by atoms with Crippen molar-refractivity contribution >= 4 is 0 Å². The number of nitrogens with two attached hydrogens (primary N) is 2. The highest BCUT2D eigenvalue weighted by Crippen LogP contribution is 2.59. The smallest absolute Gasteiger partial charge is 0.0934 e. The molecular weight excluding hydrogens is 350 g/mol. The van der Waals surface area contributed by atoms with Crippen LogP contribution in [-0.2, 0) is 4.74 Å². The molecule has 5 nitrogen and oxygen atoms in total. The number of hydrogen-bond acceptors (Lipinski definition) is 5. The van der Waals surface area contributed by atoms with Crippen molar-refractivity contribution < 1.29 is 9.84 Å². The van der Waals surface area contributed by atoms with Gasteiger partial charge >= 0.3 is 0 Å². The van der Waals surface area contributed by atoms with Crippen molar-refractivity contribution in [3.05, 3.63) is 23.9 Å². The Morgan fingerprint density at radius 1 is 1.29 bits per heavy atom. The fraction of sp³-hybridized carbons (Fsp3) is 0.826. The lowest BCUT2D eigenvalue weighted by atomic mass is 9.53. The molecule has 2 saturated heterocycles. The number of ether oxygens (including phenoxy) is 1. The van der Waals surface area contributed by atoms with Crippen molar-refractivity contribution in [2.75, 3.05) is 6.61 Å². The summed E-state index contributed by atoms with van der Waals surface area (Å²) in [6, 6.07) is 0. The molecule has 4 fully saturated rings. The zero-order chi connectivity index (χ0) is 20.0. The maximum atomic E-state index is 9.67. The van der Waals surface area contributed by atoms with Crippen LogP contribution in [0.2, 0.25) is 0 Å². The lowest BCUT2D eigenvalue weighted by Crippen LogP contribution is -2.72. The molecule has 0 aromatic rings. The second kappa shape index (κ2) is 7.42. The second-order valence-electron chi connectivity index (χ2n) is 10.4. The average molecular weight is 390 g/mol. The van der Waals surface area contributed by atoms with Gasteiger partial charge in [0.1, 0.15) is 0 Å². The number of nitrogens with one attached hydrogen (secondary N) is 1. The van der Waals surface area contributed by atoms with Crippen molar-refractivity contribution in [2.45, 2.75) is 94.5 Å². The van der Waals surface area contributed by atoms with E-state index in [1.165, 1.54) is 31.3 Å². The minimum Gasteiger partial charge on any atom is -0.396 e. The molecule has 6 N–H and O–H groups in total. The van der Waals surface area contributed by atoms with Gasteiger partial charge in [0.15, 0.2) is 0 Å². The van der Waals surface area contributed by atoms with Gasteiger partial charge in [-0.1, -0.05) is 18.9 Å². The highest BCUT2D eigenvalue weighted by molar-refractivity contribution is 5.24. The first-order chi connectivity index (χ1) is 13.3. The second-order valence-corrected chi connectivity index (χ2v) is 10.4. The maximum Gasteiger partial charge on any atom is 0.0934 e. The van der Waals surface area contributed by atoms with Gasteiger partial charge in [-0.3, -0.25) is 0 Å². The fourth-order valence-corrected chi connectivity index (χ4v) is 7.02. The predicted octanol–water partition coefficient (Wildman–Crippen LogP) is 2.94. The number of rotatable bonds is 5. The predicted molar refractivity (Wildman–Crippen MR) is 112 cm³/mol. The molecular formula is C23H39N3O2. The number of allylic oxidation sites excluding steroid dienone is 2. The minimum atomic E-state index is -0.295. The number of hydrogen-bond donors (Lipinski definition) is 4. The topological polar surface area (TPSA) is 93.5 Å². The Kier molecular flexibility index (Phi) is 5.41. The zero-order valence-electron chi connectivity index (χ0n) is 17.6. The molecule has 0 spiro atoms. The number of fused-ring (bicyclic) bond motifs is 3. The van der Waals surface area contributed by atoms with Crippen molar-refractivity contribution in [2.24, 2.45) is 29.2 Å². The zero-order valence-corrected chi connectivity index (χ0v) is 17.6. The third-order valence-corrected chi connectivity index (χ3v) is 8.09. The molecule has 2 bridgehead atoms. The van der Waals surface area contributed by atoms with Crippen molar-refractivity contribution in [1.82, 2.24) is 5.32 Å². The molecule has 0 aromatic carbocycles. The van der Waals surface area contributed by atoms with Gasteiger partial charge in [0.2, 0.25) is 0 Å². The van der Waals surface area contributed by atoms with Crippen molar-refractivity contribution in [1.29, 1.82) is 0 Å². The molecule has 2 saturated carbocycles. The first kappa shape index (κ1) is 20.4. The molecule has 5 heteroatoms. The Balaban J connectivity index is 1.50. The van der Waals surface area contributed by atoms with Gasteiger partial charge in [-0.25, -0.2) is 0 Å². The van der Waals surface area contributed by atoms with E-state index in [0.29, 0.717) is 24.2 Å². The van der Waals surface area contributed by atoms with E-state index in [4.69, 9.17) is 16.2 Å². The third-order valence-electron chi connectivity index (χ3n) is 8.09.